The van der Waals surface area contributed by atoms with Crippen molar-refractivity contribution in [3.8, 4) is 0 Å². The van der Waals surface area contributed by atoms with Crippen LogP contribution >= 0.6 is 23.1 Å². The van der Waals surface area contributed by atoms with E-state index in [2.05, 4.69) is 15.0 Å². The van der Waals surface area contributed by atoms with Crippen molar-refractivity contribution in [2.75, 3.05) is 15.1 Å². The first kappa shape index (κ1) is 21.5. The van der Waals surface area contributed by atoms with Crippen LogP contribution in [-0.2, 0) is 11.0 Å². The van der Waals surface area contributed by atoms with Gasteiger partial charge in [0.2, 0.25) is 0 Å². The van der Waals surface area contributed by atoms with Crippen LogP contribution in [0.5, 0.6) is 0 Å². The summed E-state index contributed by atoms with van der Waals surface area (Å²) in [4.78, 5) is 17.1. The first-order valence-corrected chi connectivity index (χ1v) is 12.4. The first-order valence-electron chi connectivity index (χ1n) is 9.29. The molecule has 0 aliphatic rings. The van der Waals surface area contributed by atoms with Gasteiger partial charge in [0.1, 0.15) is 16.8 Å². The molecule has 5 nitrogen and oxygen atoms in total. The number of halogens is 1. The largest absolute Gasteiger partial charge is 0.322 e. The third-order valence-electron chi connectivity index (χ3n) is 4.38. The van der Waals surface area contributed by atoms with Crippen LogP contribution in [-0.4, -0.2) is 20.2 Å². The molecule has 0 saturated carbocycles. The van der Waals surface area contributed by atoms with Crippen LogP contribution in [0.15, 0.2) is 71.1 Å². The summed E-state index contributed by atoms with van der Waals surface area (Å²) in [5.41, 5.74) is 3.67. The number of nitrogens with zero attached hydrogens (tertiary/aromatic N) is 1. The Kier molecular flexibility index (Phi) is 6.64. The van der Waals surface area contributed by atoms with Gasteiger partial charge in [-0.05, 0) is 61.0 Å². The third-order valence-corrected chi connectivity index (χ3v) is 7.93. The summed E-state index contributed by atoms with van der Waals surface area (Å²) in [7, 11) is -1.34. The van der Waals surface area contributed by atoms with Gasteiger partial charge < -0.3 is 10.0 Å². The maximum Gasteiger partial charge on any atom is 0.255 e. The number of amides is 1. The number of benzene rings is 3. The predicted octanol–water partition coefficient (Wildman–Crippen LogP) is 5.82. The number of carbonyl (C=O) groups is 1. The summed E-state index contributed by atoms with van der Waals surface area (Å²) < 4.78 is 29.8. The van der Waals surface area contributed by atoms with Gasteiger partial charge in [-0.25, -0.2) is 13.6 Å². The van der Waals surface area contributed by atoms with Crippen molar-refractivity contribution in [2.24, 2.45) is 0 Å². The average molecular weight is 472 g/mol. The van der Waals surface area contributed by atoms with Crippen LogP contribution < -0.4 is 10.0 Å². The Hall–Kier alpha value is -2.75. The fourth-order valence-electron chi connectivity index (χ4n) is 2.85. The number of carbonyl (C=O) groups excluding carboxylic acids is 1. The van der Waals surface area contributed by atoms with Crippen LogP contribution in [0, 0.1) is 12.7 Å². The van der Waals surface area contributed by atoms with Gasteiger partial charge in [0.15, 0.2) is 4.34 Å². The molecule has 31 heavy (non-hydrogen) atoms. The molecule has 1 amide bonds. The van der Waals surface area contributed by atoms with Crippen LogP contribution in [0.4, 0.5) is 15.8 Å². The number of hydrogen-bond acceptors (Lipinski definition) is 5. The second-order valence-electron chi connectivity index (χ2n) is 6.65. The van der Waals surface area contributed by atoms with Crippen molar-refractivity contribution in [2.45, 2.75) is 11.3 Å². The zero-order valence-electron chi connectivity index (χ0n) is 16.4. The number of aryl methyl sites for hydroxylation is 1. The quantitative estimate of drug-likeness (QED) is 0.333. The maximum absolute atomic E-state index is 13.0. The molecule has 0 aliphatic carbocycles. The molecule has 2 N–H and O–H groups in total. The van der Waals surface area contributed by atoms with Crippen molar-refractivity contribution >= 4 is 61.6 Å². The minimum absolute atomic E-state index is 0.154. The number of rotatable bonds is 7. The molecular weight excluding hydrogens is 453 g/mol. The van der Waals surface area contributed by atoms with E-state index in [4.69, 9.17) is 0 Å². The Balaban J connectivity index is 1.39. The Labute approximate surface area is 189 Å². The number of fused-ring (bicyclic) bond motifs is 1. The molecule has 0 bridgehead atoms. The summed E-state index contributed by atoms with van der Waals surface area (Å²) >= 11 is 2.86. The van der Waals surface area contributed by atoms with E-state index < -0.39 is 11.0 Å². The van der Waals surface area contributed by atoms with Crippen molar-refractivity contribution in [3.63, 3.8) is 0 Å². The monoisotopic (exact) mass is 471 g/mol. The van der Waals surface area contributed by atoms with Gasteiger partial charge in [-0.3, -0.25) is 4.79 Å². The normalized spacial score (nSPS) is 11.9. The fraction of sp³-hybridized carbons (Fsp3) is 0.0909. The van der Waals surface area contributed by atoms with Crippen molar-refractivity contribution in [1.82, 2.24) is 4.98 Å². The van der Waals surface area contributed by atoms with E-state index in [0.717, 1.165) is 20.1 Å². The molecule has 1 heterocycles. The van der Waals surface area contributed by atoms with E-state index in [9.17, 15) is 13.4 Å². The number of nitrogens with one attached hydrogen (secondary N) is 2. The highest BCUT2D eigenvalue weighted by Crippen LogP contribution is 2.32. The first-order chi connectivity index (χ1) is 15.0. The highest BCUT2D eigenvalue weighted by molar-refractivity contribution is 8.11. The second-order valence-corrected chi connectivity index (χ2v) is 10.5. The zero-order valence-corrected chi connectivity index (χ0v) is 18.9. The molecule has 9 heteroatoms. The number of hydrogen-bond donors (Lipinski definition) is 2. The highest BCUT2D eigenvalue weighted by Gasteiger charge is 2.11. The summed E-state index contributed by atoms with van der Waals surface area (Å²) in [6.45, 7) is 1.90. The molecular formula is C22H18FN3O2S3. The standard InChI is InChI=1S/C22H18FN3O2S3/c1-14-4-2-3-5-18(14)21(27)24-17-10-11-19-20(12-17)30-22(25-19)29-13-31(28)26-16-8-6-15(23)7-9-16/h2-12,26H,13H2,1H3,(H,24,27). The Bertz CT molecular complexity index is 1260. The smallest absolute Gasteiger partial charge is 0.255 e. The molecule has 1 atom stereocenters. The van der Waals surface area contributed by atoms with Crippen molar-refractivity contribution in [1.29, 1.82) is 0 Å². The molecule has 158 valence electrons. The number of aromatic nitrogens is 1. The second kappa shape index (κ2) is 9.59. The van der Waals surface area contributed by atoms with Crippen LogP contribution in [0.1, 0.15) is 15.9 Å². The lowest BCUT2D eigenvalue weighted by Crippen LogP contribution is -2.13. The van der Waals surface area contributed by atoms with Crippen LogP contribution in [0.25, 0.3) is 10.2 Å². The minimum atomic E-state index is -1.34. The van der Waals surface area contributed by atoms with Gasteiger partial charge in [-0.15, -0.1) is 11.3 Å². The predicted molar refractivity (Wildman–Crippen MR) is 128 cm³/mol. The van der Waals surface area contributed by atoms with E-state index >= 15 is 0 Å². The SMILES string of the molecule is Cc1ccccc1C(=O)Nc1ccc2nc(SCS(=O)Nc3ccc(F)cc3)sc2c1. The third kappa shape index (κ3) is 5.49. The number of thiazole rings is 1. The zero-order chi connectivity index (χ0) is 21.8. The van der Waals surface area contributed by atoms with Crippen LogP contribution in [0.3, 0.4) is 0 Å². The minimum Gasteiger partial charge on any atom is -0.322 e. The Morgan fingerprint density at radius 1 is 1.10 bits per heavy atom. The lowest BCUT2D eigenvalue weighted by Gasteiger charge is -2.07. The summed E-state index contributed by atoms with van der Waals surface area (Å²) in [6, 6.07) is 18.7. The van der Waals surface area contributed by atoms with Crippen molar-refractivity contribution in [3.05, 3.63) is 83.7 Å². The van der Waals surface area contributed by atoms with Crippen LogP contribution in [0.2, 0.25) is 0 Å². The number of anilines is 2. The van der Waals surface area contributed by atoms with Gasteiger partial charge in [0.25, 0.3) is 5.91 Å². The summed E-state index contributed by atoms with van der Waals surface area (Å²) in [6.07, 6.45) is 0. The Morgan fingerprint density at radius 2 is 1.84 bits per heavy atom. The summed E-state index contributed by atoms with van der Waals surface area (Å²) in [5, 5.41) is 3.23. The molecule has 0 saturated heterocycles. The van der Waals surface area contributed by atoms with Gasteiger partial charge in [-0.2, -0.15) is 0 Å². The summed E-state index contributed by atoms with van der Waals surface area (Å²) in [5.74, 6) is -0.492. The topological polar surface area (TPSA) is 71.1 Å². The molecule has 0 radical (unpaired) electrons. The lowest BCUT2D eigenvalue weighted by molar-refractivity contribution is 0.102. The fourth-order valence-corrected chi connectivity index (χ4v) is 6.16. The molecule has 1 unspecified atom stereocenters. The molecule has 3 aromatic carbocycles. The van der Waals surface area contributed by atoms with E-state index in [0.29, 0.717) is 22.0 Å². The highest BCUT2D eigenvalue weighted by atomic mass is 32.2. The van der Waals surface area contributed by atoms with E-state index in [-0.39, 0.29) is 11.7 Å². The van der Waals surface area contributed by atoms with Crippen molar-refractivity contribution < 1.29 is 13.4 Å². The van der Waals surface area contributed by atoms with E-state index in [1.165, 1.54) is 35.2 Å². The van der Waals surface area contributed by atoms with Gasteiger partial charge in [-0.1, -0.05) is 30.0 Å². The van der Waals surface area contributed by atoms with Gasteiger partial charge in [0.05, 0.1) is 15.3 Å². The number of thioether (sulfide) groups is 1. The maximum atomic E-state index is 13.0. The van der Waals surface area contributed by atoms with E-state index in [1.54, 1.807) is 18.2 Å². The molecule has 4 aromatic rings. The van der Waals surface area contributed by atoms with Gasteiger partial charge in [0, 0.05) is 16.9 Å². The molecule has 4 rings (SSSR count). The molecule has 0 fully saturated rings. The average Bonchev–Trinajstić information content (AvgIpc) is 3.16. The Morgan fingerprint density at radius 3 is 2.61 bits per heavy atom. The van der Waals surface area contributed by atoms with Gasteiger partial charge >= 0.3 is 0 Å². The lowest BCUT2D eigenvalue weighted by atomic mass is 10.1. The van der Waals surface area contributed by atoms with E-state index in [1.807, 2.05) is 43.3 Å². The molecule has 0 spiro atoms. The molecule has 1 aromatic heterocycles. The molecule has 0 aliphatic heterocycles.